The molecule has 115 valence electrons. The number of anilines is 1. The molecule has 0 spiro atoms. The molecule has 0 aliphatic carbocycles. The standard InChI is InChI=1S/C16H20N5O/c1-3-9-18-21-13(10-22-4-2)20-14-15(21)11-7-5-6-8-12(11)19-16(14)17/h5-8,18H,1,3-4,9-10H2,2H3,(H2,17,19). The quantitative estimate of drug-likeness (QED) is 0.731. The lowest BCUT2D eigenvalue weighted by Crippen LogP contribution is -2.19. The molecular weight excluding hydrogens is 278 g/mol. The van der Waals surface area contributed by atoms with Gasteiger partial charge in [-0.15, -0.1) is 0 Å². The van der Waals surface area contributed by atoms with Gasteiger partial charge in [0, 0.05) is 18.5 Å². The van der Waals surface area contributed by atoms with Gasteiger partial charge in [0.15, 0.2) is 11.6 Å². The van der Waals surface area contributed by atoms with Crippen LogP contribution in [0.25, 0.3) is 21.9 Å². The van der Waals surface area contributed by atoms with Gasteiger partial charge in [-0.3, -0.25) is 0 Å². The normalized spacial score (nSPS) is 11.4. The van der Waals surface area contributed by atoms with E-state index in [9.17, 15) is 0 Å². The van der Waals surface area contributed by atoms with Crippen LogP contribution in [0.5, 0.6) is 0 Å². The highest BCUT2D eigenvalue weighted by molar-refractivity contribution is 6.06. The highest BCUT2D eigenvalue weighted by Gasteiger charge is 2.17. The molecule has 3 aromatic rings. The summed E-state index contributed by atoms with van der Waals surface area (Å²) >= 11 is 0. The number of benzene rings is 1. The summed E-state index contributed by atoms with van der Waals surface area (Å²) in [5, 5.41) is 1.01. The van der Waals surface area contributed by atoms with Crippen LogP contribution in [-0.2, 0) is 11.3 Å². The van der Waals surface area contributed by atoms with Gasteiger partial charge in [0.2, 0.25) is 0 Å². The Morgan fingerprint density at radius 1 is 1.32 bits per heavy atom. The number of aromatic nitrogens is 3. The SMILES string of the molecule is [CH2]CCNn1c(COCC)nc2c(N)nc3ccccc3c21. The molecule has 0 atom stereocenters. The summed E-state index contributed by atoms with van der Waals surface area (Å²) in [6, 6.07) is 7.91. The molecule has 0 bridgehead atoms. The van der Waals surface area contributed by atoms with Crippen molar-refractivity contribution in [1.29, 1.82) is 0 Å². The molecule has 22 heavy (non-hydrogen) atoms. The second kappa shape index (κ2) is 6.19. The molecule has 0 aliphatic heterocycles. The van der Waals surface area contributed by atoms with Crippen molar-refractivity contribution in [2.45, 2.75) is 20.0 Å². The summed E-state index contributed by atoms with van der Waals surface area (Å²) in [6.07, 6.45) is 0.770. The minimum absolute atomic E-state index is 0.420. The minimum Gasteiger partial charge on any atom is -0.382 e. The summed E-state index contributed by atoms with van der Waals surface area (Å²) in [5.41, 5.74) is 11.9. The zero-order valence-electron chi connectivity index (χ0n) is 12.7. The van der Waals surface area contributed by atoms with Gasteiger partial charge < -0.3 is 15.9 Å². The fraction of sp³-hybridized carbons (Fsp3) is 0.312. The predicted octanol–water partition coefficient (Wildman–Crippen LogP) is 2.47. The molecule has 0 amide bonds. The number of nitrogens with zero attached hydrogens (tertiary/aromatic N) is 3. The first-order valence-corrected chi connectivity index (χ1v) is 7.42. The molecule has 1 radical (unpaired) electrons. The number of nitrogens with two attached hydrogens (primary N) is 1. The Hall–Kier alpha value is -2.34. The zero-order valence-corrected chi connectivity index (χ0v) is 12.7. The molecule has 2 aromatic heterocycles. The highest BCUT2D eigenvalue weighted by Crippen LogP contribution is 2.28. The third-order valence-corrected chi connectivity index (χ3v) is 3.47. The van der Waals surface area contributed by atoms with Crippen molar-refractivity contribution >= 4 is 27.8 Å². The minimum atomic E-state index is 0.420. The first-order valence-electron chi connectivity index (χ1n) is 7.42. The number of nitrogens with one attached hydrogen (secondary N) is 1. The van der Waals surface area contributed by atoms with E-state index < -0.39 is 0 Å². The largest absolute Gasteiger partial charge is 0.382 e. The molecule has 0 unspecified atom stereocenters. The number of pyridine rings is 1. The zero-order chi connectivity index (χ0) is 15.5. The smallest absolute Gasteiger partial charge is 0.154 e. The molecular formula is C16H20N5O. The third kappa shape index (κ3) is 2.46. The fourth-order valence-corrected chi connectivity index (χ4v) is 2.50. The Morgan fingerprint density at radius 2 is 2.14 bits per heavy atom. The van der Waals surface area contributed by atoms with E-state index in [0.717, 1.165) is 35.2 Å². The highest BCUT2D eigenvalue weighted by atomic mass is 16.5. The van der Waals surface area contributed by atoms with Crippen LogP contribution in [-0.4, -0.2) is 27.8 Å². The van der Waals surface area contributed by atoms with Gasteiger partial charge in [0.1, 0.15) is 17.6 Å². The lowest BCUT2D eigenvalue weighted by Gasteiger charge is -2.12. The molecule has 1 aromatic carbocycles. The van der Waals surface area contributed by atoms with Crippen LogP contribution >= 0.6 is 0 Å². The maximum Gasteiger partial charge on any atom is 0.154 e. The molecule has 0 fully saturated rings. The molecule has 0 saturated heterocycles. The molecule has 2 heterocycles. The van der Waals surface area contributed by atoms with Crippen LogP contribution in [0.2, 0.25) is 0 Å². The molecule has 0 aliphatic rings. The maximum atomic E-state index is 6.09. The Balaban J connectivity index is 2.27. The maximum absolute atomic E-state index is 6.09. The van der Waals surface area contributed by atoms with E-state index in [2.05, 4.69) is 22.3 Å². The van der Waals surface area contributed by atoms with Crippen molar-refractivity contribution in [3.8, 4) is 0 Å². The van der Waals surface area contributed by atoms with Gasteiger partial charge in [-0.1, -0.05) is 25.1 Å². The molecule has 3 N–H and O–H groups in total. The Labute approximate surface area is 129 Å². The van der Waals surface area contributed by atoms with E-state index in [4.69, 9.17) is 10.5 Å². The van der Waals surface area contributed by atoms with Gasteiger partial charge in [0.25, 0.3) is 0 Å². The topological polar surface area (TPSA) is 78.0 Å². The van der Waals surface area contributed by atoms with E-state index in [0.29, 0.717) is 24.5 Å². The average molecular weight is 298 g/mol. The first kappa shape index (κ1) is 14.6. The van der Waals surface area contributed by atoms with Crippen molar-refractivity contribution in [3.05, 3.63) is 37.0 Å². The summed E-state index contributed by atoms with van der Waals surface area (Å²) in [4.78, 5) is 9.06. The van der Waals surface area contributed by atoms with E-state index in [-0.39, 0.29) is 0 Å². The number of fused-ring (bicyclic) bond motifs is 3. The van der Waals surface area contributed by atoms with Crippen LogP contribution < -0.4 is 11.2 Å². The van der Waals surface area contributed by atoms with Crippen molar-refractivity contribution < 1.29 is 4.74 Å². The molecule has 3 rings (SSSR count). The Morgan fingerprint density at radius 3 is 2.91 bits per heavy atom. The van der Waals surface area contributed by atoms with Crippen LogP contribution in [0.15, 0.2) is 24.3 Å². The monoisotopic (exact) mass is 298 g/mol. The second-order valence-corrected chi connectivity index (χ2v) is 4.97. The van der Waals surface area contributed by atoms with Gasteiger partial charge in [-0.2, -0.15) is 0 Å². The van der Waals surface area contributed by atoms with Crippen molar-refractivity contribution in [2.75, 3.05) is 24.3 Å². The molecule has 6 nitrogen and oxygen atoms in total. The Bertz CT molecular complexity index is 796. The van der Waals surface area contributed by atoms with Crippen molar-refractivity contribution in [2.24, 2.45) is 0 Å². The van der Waals surface area contributed by atoms with Crippen molar-refractivity contribution in [3.63, 3.8) is 0 Å². The summed E-state index contributed by atoms with van der Waals surface area (Å²) < 4.78 is 7.48. The van der Waals surface area contributed by atoms with Gasteiger partial charge in [-0.25, -0.2) is 14.6 Å². The van der Waals surface area contributed by atoms with Crippen LogP contribution in [0.3, 0.4) is 0 Å². The van der Waals surface area contributed by atoms with Crippen LogP contribution in [0, 0.1) is 6.92 Å². The van der Waals surface area contributed by atoms with Gasteiger partial charge in [-0.05, 0) is 19.4 Å². The van der Waals surface area contributed by atoms with E-state index in [1.54, 1.807) is 0 Å². The van der Waals surface area contributed by atoms with E-state index in [1.807, 2.05) is 35.9 Å². The van der Waals surface area contributed by atoms with Crippen molar-refractivity contribution in [1.82, 2.24) is 14.6 Å². The summed E-state index contributed by atoms with van der Waals surface area (Å²) in [6.45, 7) is 7.62. The average Bonchev–Trinajstić information content (AvgIpc) is 2.90. The lowest BCUT2D eigenvalue weighted by atomic mass is 10.2. The molecule has 0 saturated carbocycles. The lowest BCUT2D eigenvalue weighted by molar-refractivity contribution is 0.127. The predicted molar refractivity (Wildman–Crippen MR) is 89.0 cm³/mol. The number of hydrogen-bond donors (Lipinski definition) is 2. The fourth-order valence-electron chi connectivity index (χ4n) is 2.50. The number of imidazole rings is 1. The first-order chi connectivity index (χ1) is 10.8. The van der Waals surface area contributed by atoms with Crippen LogP contribution in [0.4, 0.5) is 5.82 Å². The van der Waals surface area contributed by atoms with Gasteiger partial charge in [0.05, 0.1) is 5.52 Å². The molecule has 6 heteroatoms. The number of hydrogen-bond acceptors (Lipinski definition) is 5. The number of ether oxygens (including phenoxy) is 1. The Kier molecular flexibility index (Phi) is 4.11. The summed E-state index contributed by atoms with van der Waals surface area (Å²) in [5.74, 6) is 1.22. The number of rotatable bonds is 6. The summed E-state index contributed by atoms with van der Waals surface area (Å²) in [7, 11) is 0. The van der Waals surface area contributed by atoms with Crippen LogP contribution in [0.1, 0.15) is 19.2 Å². The number of nitrogen functional groups attached to an aromatic ring is 1. The van der Waals surface area contributed by atoms with E-state index >= 15 is 0 Å². The third-order valence-electron chi connectivity index (χ3n) is 3.47. The van der Waals surface area contributed by atoms with Gasteiger partial charge >= 0.3 is 0 Å². The number of para-hydroxylation sites is 1. The second-order valence-electron chi connectivity index (χ2n) is 4.97. The van der Waals surface area contributed by atoms with E-state index in [1.165, 1.54) is 0 Å².